The molecule has 0 unspecified atom stereocenters. The van der Waals surface area contributed by atoms with Crippen molar-refractivity contribution in [2.24, 2.45) is 0 Å². The van der Waals surface area contributed by atoms with Crippen molar-refractivity contribution in [3.63, 3.8) is 0 Å². The first kappa shape index (κ1) is 9.72. The molecule has 3 rings (SSSR count). The Kier molecular flexibility index (Phi) is 2.68. The van der Waals surface area contributed by atoms with Gasteiger partial charge < -0.3 is 4.98 Å². The van der Waals surface area contributed by atoms with Crippen LogP contribution in [0.1, 0.15) is 0 Å². The van der Waals surface area contributed by atoms with E-state index >= 15 is 0 Å². The van der Waals surface area contributed by atoms with Gasteiger partial charge in [-0.15, -0.1) is 0 Å². The van der Waals surface area contributed by atoms with Crippen molar-refractivity contribution >= 4 is 35.8 Å². The minimum Gasteiger partial charge on any atom is -0.355 e. The van der Waals surface area contributed by atoms with Crippen LogP contribution < -0.4 is 0 Å². The maximum absolute atomic E-state index is 4.25. The third kappa shape index (κ3) is 1.59. The van der Waals surface area contributed by atoms with Crippen LogP contribution in [0.3, 0.4) is 0 Å². The topological polar surface area (TPSA) is 15.8 Å². The van der Waals surface area contributed by atoms with Crippen LogP contribution in [0.2, 0.25) is 0 Å². The van der Waals surface area contributed by atoms with Crippen molar-refractivity contribution in [3.8, 4) is 0 Å². The maximum atomic E-state index is 4.25. The van der Waals surface area contributed by atoms with E-state index in [9.17, 15) is 0 Å². The Balaban J connectivity index is 0.000000404. The smallest absolute Gasteiger partial charge is 0.0464 e. The van der Waals surface area contributed by atoms with Crippen LogP contribution in [-0.2, 0) is 0 Å². The van der Waals surface area contributed by atoms with Crippen LogP contribution in [0.4, 0.5) is 0 Å². The van der Waals surface area contributed by atoms with Crippen LogP contribution in [0.5, 0.6) is 0 Å². The second kappa shape index (κ2) is 4.14. The molecule has 0 fully saturated rings. The van der Waals surface area contributed by atoms with Gasteiger partial charge in [0.1, 0.15) is 0 Å². The monoisotopic (exact) mass is 192 g/mol. The summed E-state index contributed by atoms with van der Waals surface area (Å²) in [5.74, 6) is 0. The van der Waals surface area contributed by atoms with Gasteiger partial charge in [-0.3, -0.25) is 0 Å². The van der Waals surface area contributed by atoms with E-state index in [2.05, 4.69) is 67.5 Å². The van der Waals surface area contributed by atoms with Crippen molar-refractivity contribution in [1.29, 1.82) is 0 Å². The fourth-order valence-corrected chi connectivity index (χ4v) is 1.80. The fourth-order valence-electron chi connectivity index (χ4n) is 1.80. The van der Waals surface area contributed by atoms with Crippen LogP contribution in [-0.4, -0.2) is 18.9 Å². The molecule has 15 heavy (non-hydrogen) atoms. The zero-order chi connectivity index (χ0) is 10.7. The van der Waals surface area contributed by atoms with Gasteiger partial charge in [0.2, 0.25) is 0 Å². The molecule has 2 heteroatoms. The molecular weight excluding hydrogens is 181 g/mol. The molecule has 0 aliphatic carbocycles. The molecule has 0 saturated heterocycles. The number of hydrogen-bond donors (Lipinski definition) is 1. The first-order valence-electron chi connectivity index (χ1n) is 4.81. The van der Waals surface area contributed by atoms with Crippen LogP contribution >= 0.6 is 0 Å². The third-order valence-corrected chi connectivity index (χ3v) is 2.41. The molecule has 0 saturated carbocycles. The number of para-hydroxylation sites is 2. The number of hydrogen-bond acceptors (Lipinski definition) is 0. The average Bonchev–Trinajstić information content (AvgIpc) is 2.70. The minimum atomic E-state index is 1.21. The molecule has 0 atom stereocenters. The van der Waals surface area contributed by atoms with E-state index in [0.29, 0.717) is 0 Å². The Hall–Kier alpha value is -1.83. The Morgan fingerprint density at radius 1 is 0.733 bits per heavy atom. The number of aromatic amines is 1. The summed E-state index contributed by atoms with van der Waals surface area (Å²) in [5.41, 5.74) is 2.42. The van der Waals surface area contributed by atoms with Crippen LogP contribution in [0.25, 0.3) is 21.8 Å². The molecule has 0 spiro atoms. The Bertz CT molecular complexity index is 533. The first-order valence-corrected chi connectivity index (χ1v) is 4.81. The van der Waals surface area contributed by atoms with Gasteiger partial charge in [-0.2, -0.15) is 0 Å². The summed E-state index contributed by atoms with van der Waals surface area (Å²) < 4.78 is 0. The fraction of sp³-hybridized carbons (Fsp3) is 0. The molecule has 1 N–H and O–H groups in total. The number of rotatable bonds is 0. The van der Waals surface area contributed by atoms with Gasteiger partial charge in [0.05, 0.1) is 0 Å². The molecule has 1 nitrogen and oxygen atoms in total. The standard InChI is InChI=1S/C12H9N.CH2B/c1-3-7-11-9(5-1)10-6-2-4-8-12(10)13-11;1-2/h1-8,13H;1H2. The summed E-state index contributed by atoms with van der Waals surface area (Å²) >= 11 is 0. The number of aromatic nitrogens is 1. The summed E-state index contributed by atoms with van der Waals surface area (Å²) in [6.07, 6.45) is 0. The van der Waals surface area contributed by atoms with Crippen molar-refractivity contribution in [3.05, 3.63) is 48.5 Å². The SMILES string of the molecule is [B]=C.c1ccc2c(c1)[nH]c1ccccc12. The maximum Gasteiger partial charge on any atom is 0.0464 e. The molecule has 0 bridgehead atoms. The zero-order valence-corrected chi connectivity index (χ0v) is 8.40. The van der Waals surface area contributed by atoms with E-state index in [1.165, 1.54) is 21.8 Å². The van der Waals surface area contributed by atoms with Crippen molar-refractivity contribution in [2.75, 3.05) is 0 Å². The number of H-pyrrole nitrogens is 1. The molecule has 71 valence electrons. The van der Waals surface area contributed by atoms with Gasteiger partial charge in [-0.25, -0.2) is 0 Å². The van der Waals surface area contributed by atoms with Crippen molar-refractivity contribution in [1.82, 2.24) is 4.98 Å². The molecule has 1 radical (unpaired) electrons. The summed E-state index contributed by atoms with van der Waals surface area (Å²) in [6.45, 7) is 2.75. The third-order valence-electron chi connectivity index (χ3n) is 2.41. The van der Waals surface area contributed by atoms with Crippen LogP contribution in [0, 0.1) is 0 Å². The largest absolute Gasteiger partial charge is 0.355 e. The quantitative estimate of drug-likeness (QED) is 0.527. The summed E-state index contributed by atoms with van der Waals surface area (Å²) in [7, 11) is 4.25. The Morgan fingerprint density at radius 2 is 1.13 bits per heavy atom. The summed E-state index contributed by atoms with van der Waals surface area (Å²) in [6, 6.07) is 16.8. The summed E-state index contributed by atoms with van der Waals surface area (Å²) in [5, 5.41) is 2.61. The van der Waals surface area contributed by atoms with E-state index in [0.717, 1.165) is 0 Å². The van der Waals surface area contributed by atoms with Gasteiger partial charge in [0.15, 0.2) is 0 Å². The van der Waals surface area contributed by atoms with Gasteiger partial charge in [-0.05, 0) is 12.1 Å². The van der Waals surface area contributed by atoms with E-state index in [1.54, 1.807) is 0 Å². The van der Waals surface area contributed by atoms with Gasteiger partial charge >= 0.3 is 14.0 Å². The second-order valence-electron chi connectivity index (χ2n) is 3.22. The van der Waals surface area contributed by atoms with Gasteiger partial charge in [-0.1, -0.05) is 36.4 Å². The molecule has 1 heterocycles. The van der Waals surface area contributed by atoms with Crippen molar-refractivity contribution in [2.45, 2.75) is 0 Å². The van der Waals surface area contributed by atoms with Gasteiger partial charge in [0.25, 0.3) is 0 Å². The van der Waals surface area contributed by atoms with E-state index in [1.807, 2.05) is 0 Å². The molecule has 1 aromatic heterocycles. The first-order chi connectivity index (χ1) is 7.45. The molecule has 0 aliphatic rings. The van der Waals surface area contributed by atoms with Crippen molar-refractivity contribution < 1.29 is 0 Å². The molecule has 3 aromatic rings. The summed E-state index contributed by atoms with van der Waals surface area (Å²) in [4.78, 5) is 3.38. The molecule has 2 aromatic carbocycles. The number of nitrogens with one attached hydrogen (secondary N) is 1. The number of benzene rings is 2. The number of fused-ring (bicyclic) bond motifs is 3. The average molecular weight is 192 g/mol. The van der Waals surface area contributed by atoms with E-state index in [-0.39, 0.29) is 0 Å². The minimum absolute atomic E-state index is 1.21. The second-order valence-corrected chi connectivity index (χ2v) is 3.22. The van der Waals surface area contributed by atoms with E-state index in [4.69, 9.17) is 0 Å². The van der Waals surface area contributed by atoms with Gasteiger partial charge in [0, 0.05) is 21.8 Å². The predicted molar refractivity (Wildman–Crippen MR) is 68.7 cm³/mol. The molecule has 0 amide bonds. The molecule has 0 aliphatic heterocycles. The van der Waals surface area contributed by atoms with E-state index < -0.39 is 0 Å². The van der Waals surface area contributed by atoms with Crippen LogP contribution in [0.15, 0.2) is 48.5 Å². The normalized spacial score (nSPS) is 9.80. The Labute approximate surface area is 89.8 Å². The molecular formula is C13H11BN. The Morgan fingerprint density at radius 3 is 1.60 bits per heavy atom. The predicted octanol–water partition coefficient (Wildman–Crippen LogP) is 2.91. The zero-order valence-electron chi connectivity index (χ0n) is 8.40.